The van der Waals surface area contributed by atoms with Crippen molar-refractivity contribution >= 4 is 28.5 Å². The number of anilines is 1. The molecule has 0 aliphatic rings. The maximum absolute atomic E-state index is 5.44. The zero-order valence-electron chi connectivity index (χ0n) is 7.18. The smallest absolute Gasteiger partial charge is 0.240 e. The second-order valence-corrected chi connectivity index (χ2v) is 3.95. The molecule has 0 spiro atoms. The standard InChI is InChI=1S/C9H7IN4/c10-7-3-1-6(2-4-7)8-5-12-14-9(11)13-8/h1-5H,(H2,11,13,14). The summed E-state index contributed by atoms with van der Waals surface area (Å²) >= 11 is 2.25. The van der Waals surface area contributed by atoms with Crippen LogP contribution in [0.4, 0.5) is 5.95 Å². The summed E-state index contributed by atoms with van der Waals surface area (Å²) in [5, 5.41) is 7.34. The van der Waals surface area contributed by atoms with Gasteiger partial charge in [0.1, 0.15) is 0 Å². The first-order valence-corrected chi connectivity index (χ1v) is 5.05. The summed E-state index contributed by atoms with van der Waals surface area (Å²) in [6, 6.07) is 7.97. The lowest BCUT2D eigenvalue weighted by Crippen LogP contribution is -1.97. The molecule has 2 rings (SSSR count). The molecule has 2 aromatic rings. The van der Waals surface area contributed by atoms with Crippen molar-refractivity contribution in [3.63, 3.8) is 0 Å². The van der Waals surface area contributed by atoms with E-state index in [1.54, 1.807) is 6.20 Å². The van der Waals surface area contributed by atoms with Gasteiger partial charge in [0, 0.05) is 9.13 Å². The van der Waals surface area contributed by atoms with Gasteiger partial charge in [0.2, 0.25) is 5.95 Å². The van der Waals surface area contributed by atoms with Crippen molar-refractivity contribution in [3.05, 3.63) is 34.0 Å². The molecule has 4 nitrogen and oxygen atoms in total. The predicted molar refractivity (Wildman–Crippen MR) is 62.4 cm³/mol. The fourth-order valence-corrected chi connectivity index (χ4v) is 1.44. The van der Waals surface area contributed by atoms with Crippen LogP contribution in [0.25, 0.3) is 11.3 Å². The lowest BCUT2D eigenvalue weighted by molar-refractivity contribution is 0.990. The van der Waals surface area contributed by atoms with Crippen molar-refractivity contribution in [2.24, 2.45) is 0 Å². The molecule has 0 atom stereocenters. The number of rotatable bonds is 1. The highest BCUT2D eigenvalue weighted by Crippen LogP contribution is 2.17. The van der Waals surface area contributed by atoms with E-state index in [2.05, 4.69) is 37.8 Å². The van der Waals surface area contributed by atoms with Crippen LogP contribution in [0, 0.1) is 3.57 Å². The van der Waals surface area contributed by atoms with Gasteiger partial charge in [-0.15, -0.1) is 5.10 Å². The van der Waals surface area contributed by atoms with Gasteiger partial charge < -0.3 is 5.73 Å². The highest BCUT2D eigenvalue weighted by atomic mass is 127. The van der Waals surface area contributed by atoms with Gasteiger partial charge in [0.25, 0.3) is 0 Å². The summed E-state index contributed by atoms with van der Waals surface area (Å²) in [4.78, 5) is 4.07. The van der Waals surface area contributed by atoms with Crippen molar-refractivity contribution in [1.29, 1.82) is 0 Å². The lowest BCUT2D eigenvalue weighted by Gasteiger charge is -1.99. The molecule has 1 heterocycles. The Hall–Kier alpha value is -1.24. The van der Waals surface area contributed by atoms with Gasteiger partial charge in [-0.3, -0.25) is 0 Å². The third-order valence-electron chi connectivity index (χ3n) is 1.72. The number of benzene rings is 1. The molecule has 0 radical (unpaired) electrons. The Balaban J connectivity index is 2.44. The number of nitrogens with zero attached hydrogens (tertiary/aromatic N) is 3. The van der Waals surface area contributed by atoms with Gasteiger partial charge in [-0.25, -0.2) is 4.98 Å². The van der Waals surface area contributed by atoms with Crippen LogP contribution in [0.5, 0.6) is 0 Å². The fraction of sp³-hybridized carbons (Fsp3) is 0. The van der Waals surface area contributed by atoms with E-state index in [-0.39, 0.29) is 5.95 Å². The highest BCUT2D eigenvalue weighted by Gasteiger charge is 2.00. The molecule has 14 heavy (non-hydrogen) atoms. The quantitative estimate of drug-likeness (QED) is 0.814. The number of halogens is 1. The molecular formula is C9H7IN4. The molecule has 1 aromatic heterocycles. The highest BCUT2D eigenvalue weighted by molar-refractivity contribution is 14.1. The minimum absolute atomic E-state index is 0.195. The van der Waals surface area contributed by atoms with E-state index in [1.807, 2.05) is 24.3 Å². The molecule has 5 heteroatoms. The molecule has 1 aromatic carbocycles. The van der Waals surface area contributed by atoms with E-state index in [9.17, 15) is 0 Å². The van der Waals surface area contributed by atoms with E-state index in [4.69, 9.17) is 5.73 Å². The molecule has 0 aliphatic carbocycles. The van der Waals surface area contributed by atoms with Gasteiger partial charge in [-0.2, -0.15) is 5.10 Å². The van der Waals surface area contributed by atoms with E-state index in [0.29, 0.717) is 0 Å². The summed E-state index contributed by atoms with van der Waals surface area (Å²) in [7, 11) is 0. The second-order valence-electron chi connectivity index (χ2n) is 2.71. The molecule has 0 saturated carbocycles. The molecule has 0 saturated heterocycles. The van der Waals surface area contributed by atoms with Gasteiger partial charge in [0.15, 0.2) is 0 Å². The van der Waals surface area contributed by atoms with Crippen molar-refractivity contribution in [2.45, 2.75) is 0 Å². The average molecular weight is 298 g/mol. The summed E-state index contributed by atoms with van der Waals surface area (Å²) in [6.45, 7) is 0. The number of hydrogen-bond donors (Lipinski definition) is 1. The molecular weight excluding hydrogens is 291 g/mol. The Morgan fingerprint density at radius 2 is 1.86 bits per heavy atom. The molecule has 0 bridgehead atoms. The van der Waals surface area contributed by atoms with Gasteiger partial charge in [0.05, 0.1) is 11.9 Å². The minimum Gasteiger partial charge on any atom is -0.366 e. The summed E-state index contributed by atoms with van der Waals surface area (Å²) in [5.41, 5.74) is 7.18. The first-order valence-electron chi connectivity index (χ1n) is 3.97. The Labute approximate surface area is 94.7 Å². The normalized spacial score (nSPS) is 10.1. The first kappa shape index (κ1) is 9.32. The van der Waals surface area contributed by atoms with Gasteiger partial charge in [-0.05, 0) is 34.7 Å². The summed E-state index contributed by atoms with van der Waals surface area (Å²) in [5.74, 6) is 0.195. The van der Waals surface area contributed by atoms with Crippen LogP contribution in [0.15, 0.2) is 30.5 Å². The van der Waals surface area contributed by atoms with Crippen molar-refractivity contribution < 1.29 is 0 Å². The largest absolute Gasteiger partial charge is 0.366 e. The van der Waals surface area contributed by atoms with Gasteiger partial charge >= 0.3 is 0 Å². The van der Waals surface area contributed by atoms with Crippen LogP contribution in [0.2, 0.25) is 0 Å². The Kier molecular flexibility index (Phi) is 2.58. The molecule has 2 N–H and O–H groups in total. The molecule has 0 unspecified atom stereocenters. The monoisotopic (exact) mass is 298 g/mol. The van der Waals surface area contributed by atoms with Gasteiger partial charge in [-0.1, -0.05) is 12.1 Å². The van der Waals surface area contributed by atoms with E-state index in [1.165, 1.54) is 3.57 Å². The Morgan fingerprint density at radius 1 is 1.14 bits per heavy atom. The average Bonchev–Trinajstić information content (AvgIpc) is 2.19. The van der Waals surface area contributed by atoms with Crippen LogP contribution in [-0.2, 0) is 0 Å². The number of aromatic nitrogens is 3. The van der Waals surface area contributed by atoms with Crippen LogP contribution in [-0.4, -0.2) is 15.2 Å². The number of nitrogens with two attached hydrogens (primary N) is 1. The zero-order valence-corrected chi connectivity index (χ0v) is 9.34. The van der Waals surface area contributed by atoms with Crippen molar-refractivity contribution in [1.82, 2.24) is 15.2 Å². The van der Waals surface area contributed by atoms with Crippen LogP contribution >= 0.6 is 22.6 Å². The predicted octanol–water partition coefficient (Wildman–Crippen LogP) is 1.73. The third kappa shape index (κ3) is 1.98. The zero-order chi connectivity index (χ0) is 9.97. The summed E-state index contributed by atoms with van der Waals surface area (Å²) in [6.07, 6.45) is 1.60. The first-order chi connectivity index (χ1) is 6.75. The van der Waals surface area contributed by atoms with Crippen molar-refractivity contribution in [3.8, 4) is 11.3 Å². The molecule has 0 aliphatic heterocycles. The van der Waals surface area contributed by atoms with E-state index >= 15 is 0 Å². The maximum Gasteiger partial charge on any atom is 0.240 e. The van der Waals surface area contributed by atoms with Crippen LogP contribution in [0.3, 0.4) is 0 Å². The van der Waals surface area contributed by atoms with E-state index in [0.717, 1.165) is 11.3 Å². The molecule has 0 fully saturated rings. The van der Waals surface area contributed by atoms with E-state index < -0.39 is 0 Å². The maximum atomic E-state index is 5.44. The lowest BCUT2D eigenvalue weighted by atomic mass is 10.2. The number of hydrogen-bond acceptors (Lipinski definition) is 4. The SMILES string of the molecule is Nc1nncc(-c2ccc(I)cc2)n1. The Bertz CT molecular complexity index is 441. The Morgan fingerprint density at radius 3 is 2.50 bits per heavy atom. The van der Waals surface area contributed by atoms with Crippen LogP contribution in [0.1, 0.15) is 0 Å². The molecule has 70 valence electrons. The second kappa shape index (κ2) is 3.87. The summed E-state index contributed by atoms with van der Waals surface area (Å²) < 4.78 is 1.18. The van der Waals surface area contributed by atoms with Crippen LogP contribution < -0.4 is 5.73 Å². The number of nitrogen functional groups attached to an aromatic ring is 1. The fourth-order valence-electron chi connectivity index (χ4n) is 1.08. The van der Waals surface area contributed by atoms with Crippen molar-refractivity contribution in [2.75, 3.05) is 5.73 Å². The molecule has 0 amide bonds. The minimum atomic E-state index is 0.195. The topological polar surface area (TPSA) is 64.7 Å². The third-order valence-corrected chi connectivity index (χ3v) is 2.43.